The van der Waals surface area contributed by atoms with Crippen molar-refractivity contribution in [2.24, 2.45) is 41.2 Å². The number of thioether (sulfide) groups is 1. The number of urea groups is 1. The highest BCUT2D eigenvalue weighted by Gasteiger charge is 2.45. The molecule has 2 aromatic carbocycles. The number of nitrogens with two attached hydrogens (primary N) is 1. The summed E-state index contributed by atoms with van der Waals surface area (Å²) in [5.41, 5.74) is 8.23. The Bertz CT molecular complexity index is 3670. The van der Waals surface area contributed by atoms with E-state index in [4.69, 9.17) is 15.2 Å². The number of aromatic nitrogens is 2. The van der Waals surface area contributed by atoms with Crippen LogP contribution in [-0.4, -0.2) is 235 Å². The van der Waals surface area contributed by atoms with E-state index in [9.17, 15) is 47.9 Å². The first-order valence-corrected chi connectivity index (χ1v) is 42.6. The molecule has 6 rings (SSSR count). The summed E-state index contributed by atoms with van der Waals surface area (Å²) in [6.45, 7) is 25.3. The quantitative estimate of drug-likeness (QED) is 0.00656. The van der Waals surface area contributed by atoms with Gasteiger partial charge in [0.05, 0.1) is 80.3 Å². The zero-order valence-corrected chi connectivity index (χ0v) is 72.4. The van der Waals surface area contributed by atoms with Crippen LogP contribution in [0.4, 0.5) is 10.5 Å². The molecular formula is C86H137N16O12S+. The van der Waals surface area contributed by atoms with Crippen molar-refractivity contribution in [1.82, 2.24) is 67.2 Å². The third kappa shape index (κ3) is 30.6. The predicted molar refractivity (Wildman–Crippen MR) is 449 cm³/mol. The van der Waals surface area contributed by atoms with Crippen LogP contribution in [0.2, 0.25) is 0 Å². The van der Waals surface area contributed by atoms with E-state index in [-0.39, 0.29) is 109 Å². The second-order valence-electron chi connectivity index (χ2n) is 33.5. The Morgan fingerprint density at radius 1 is 0.704 bits per heavy atom. The van der Waals surface area contributed by atoms with Gasteiger partial charge in [-0.2, -0.15) is 0 Å². The number of methoxy groups -OCH3 is 2. The van der Waals surface area contributed by atoms with Crippen LogP contribution in [0, 0.1) is 47.3 Å². The van der Waals surface area contributed by atoms with Crippen molar-refractivity contribution in [1.29, 1.82) is 0 Å². The second kappa shape index (κ2) is 47.2. The van der Waals surface area contributed by atoms with Gasteiger partial charge < -0.3 is 72.0 Å². The molecule has 638 valence electrons. The Morgan fingerprint density at radius 2 is 1.36 bits per heavy atom. The van der Waals surface area contributed by atoms with Crippen molar-refractivity contribution >= 4 is 76.6 Å². The number of carbonyl (C=O) groups is 10. The summed E-state index contributed by atoms with van der Waals surface area (Å²) in [6, 6.07) is 9.96. The molecule has 1 aliphatic carbocycles. The Hall–Kier alpha value is -8.27. The van der Waals surface area contributed by atoms with Crippen molar-refractivity contribution in [2.75, 3.05) is 87.0 Å². The van der Waals surface area contributed by atoms with Crippen molar-refractivity contribution in [2.45, 2.75) is 262 Å². The van der Waals surface area contributed by atoms with Gasteiger partial charge in [0.15, 0.2) is 5.16 Å². The minimum Gasteiger partial charge on any atom is -0.379 e. The average molecular weight is 1620 g/mol. The van der Waals surface area contributed by atoms with Crippen LogP contribution in [-0.2, 0) is 65.6 Å². The molecule has 0 radical (unpaired) electrons. The summed E-state index contributed by atoms with van der Waals surface area (Å²) >= 11 is 1.61. The van der Waals surface area contributed by atoms with Gasteiger partial charge in [0.25, 0.3) is 0 Å². The molecule has 1 unspecified atom stereocenters. The van der Waals surface area contributed by atoms with Gasteiger partial charge in [0.2, 0.25) is 53.2 Å². The van der Waals surface area contributed by atoms with Gasteiger partial charge in [-0.3, -0.25) is 53.4 Å². The summed E-state index contributed by atoms with van der Waals surface area (Å²) in [5.74, 6) is 2.12. The number of piperidine rings is 1. The number of benzene rings is 2. The van der Waals surface area contributed by atoms with Crippen LogP contribution in [0.3, 0.4) is 0 Å². The van der Waals surface area contributed by atoms with E-state index in [0.717, 1.165) is 59.7 Å². The Labute approximate surface area is 688 Å². The fraction of sp³-hybridized carbons (Fsp3) is 0.674. The number of ether oxygens (including phenoxy) is 2. The molecule has 0 bridgehead atoms. The van der Waals surface area contributed by atoms with Crippen molar-refractivity contribution in [3.63, 3.8) is 0 Å². The highest BCUT2D eigenvalue weighted by Crippen LogP contribution is 2.40. The molecule has 3 fully saturated rings. The molecule has 0 spiro atoms. The number of primary amides is 1. The Kier molecular flexibility index (Phi) is 39.2. The van der Waals surface area contributed by atoms with E-state index < -0.39 is 90.1 Å². The molecule has 2 aliphatic heterocycles. The Balaban J connectivity index is 0.977. The van der Waals surface area contributed by atoms with Gasteiger partial charge in [0, 0.05) is 116 Å². The van der Waals surface area contributed by atoms with Gasteiger partial charge in [0.1, 0.15) is 24.2 Å². The molecular weight excluding hydrogens is 1480 g/mol. The van der Waals surface area contributed by atoms with E-state index >= 15 is 0 Å². The maximum absolute atomic E-state index is 14.7. The zero-order chi connectivity index (χ0) is 84.7. The first-order valence-electron chi connectivity index (χ1n) is 41.7. The lowest BCUT2D eigenvalue weighted by Gasteiger charge is -2.41. The number of anilines is 1. The lowest BCUT2D eigenvalue weighted by Crippen LogP contribution is -2.59. The van der Waals surface area contributed by atoms with Gasteiger partial charge >= 0.3 is 6.03 Å². The number of hydrogen-bond donors (Lipinski definition) is 10. The SMILES string of the molecule is CC[C@H](C)[C@@H]([C@@H](CC(=O)N1CCC[C@H]1[C@H](OC)[C@@H](C)C(=O)N[C@@H](Cc1ccccc1)C(=O)NCc1ccc(NC(=O)[C@H](CCCNC(N)=O)NC(=O)[C@@H](NC(=O)CCC[N+]2(C)CCC(CNC(=O)CCCC#Cc3cnc(SC(C)NC4(CC)CC4)nc3)CC2)C(C)C)cc1)OC)N(C)C(=O)[C@@H](NC(=O)[C@H](C(C)C)N(C)C)C(C)C. The van der Waals surface area contributed by atoms with Crippen molar-refractivity contribution < 1.29 is 61.9 Å². The molecule has 2 saturated heterocycles. The van der Waals surface area contributed by atoms with Crippen LogP contribution >= 0.6 is 11.8 Å². The molecule has 3 aliphatic rings. The standard InChI is InChI=1S/C86H136N16O12S/c1-18-58(9)76(100(14)83(111)74(56(5)6)97-82(110)75(57(7)8)99(12)13)69(113-16)50-72(105)101-45-27-33-68(101)77(114-17)59(10)78(106)95-67(49-61-29-22-20-23-30-61)79(107)90-52-62-36-38-65(39-37-62)93-80(108)66(32-26-44-88-84(87)112)94-81(109)73(55(3)4)96-71(104)35-28-46-102(15)47-40-63(41-48-102)51-89-70(103)34-25-21-24-31-64-53-91-85(92-54-64)115-60(11)98-86(19-2)42-43-86/h20,22-23,29-30,36-39,53-60,63,66-69,73-77,98H,18-19,21,25-28,32-35,40-52H2,1-17H3,(H9-,87,88,89,90,93,94,95,96,97,103,104,106,107,108,109,110,112)/p+1/t58-,59+,60?,63?,66-,67-,68-,69+,73-,74-,75-,76-,77+,102?/m0/s1. The van der Waals surface area contributed by atoms with E-state index in [0.29, 0.717) is 75.2 Å². The van der Waals surface area contributed by atoms with E-state index in [1.807, 2.05) is 105 Å². The molecule has 11 N–H and O–H groups in total. The molecule has 28 nitrogen and oxygen atoms in total. The number of amides is 11. The number of rotatable bonds is 47. The maximum atomic E-state index is 14.7. The fourth-order valence-electron chi connectivity index (χ4n) is 15.8. The lowest BCUT2D eigenvalue weighted by atomic mass is 9.89. The maximum Gasteiger partial charge on any atom is 0.312 e. The van der Waals surface area contributed by atoms with Crippen LogP contribution in [0.25, 0.3) is 0 Å². The van der Waals surface area contributed by atoms with Crippen molar-refractivity contribution in [3.8, 4) is 11.8 Å². The molecule has 3 aromatic rings. The first-order chi connectivity index (χ1) is 54.6. The van der Waals surface area contributed by atoms with E-state index in [1.54, 1.807) is 72.2 Å². The third-order valence-corrected chi connectivity index (χ3v) is 24.0. The average Bonchev–Trinajstić information content (AvgIpc) is 0.984. The van der Waals surface area contributed by atoms with Crippen LogP contribution in [0.1, 0.15) is 196 Å². The molecule has 115 heavy (non-hydrogen) atoms. The predicted octanol–water partition coefficient (Wildman–Crippen LogP) is 7.43. The van der Waals surface area contributed by atoms with Gasteiger partial charge in [-0.05, 0) is 125 Å². The normalized spacial score (nSPS) is 19.3. The second-order valence-corrected chi connectivity index (χ2v) is 34.8. The number of hydrogen-bond acceptors (Lipinski definition) is 17. The number of nitrogens with zero attached hydrogens (tertiary/aromatic N) is 6. The van der Waals surface area contributed by atoms with Gasteiger partial charge in [-0.1, -0.05) is 142 Å². The number of nitrogens with one attached hydrogen (secondary N) is 9. The fourth-order valence-corrected chi connectivity index (χ4v) is 16.7. The molecule has 1 saturated carbocycles. The van der Waals surface area contributed by atoms with Crippen LogP contribution < -0.4 is 53.6 Å². The van der Waals surface area contributed by atoms with Crippen LogP contribution in [0.15, 0.2) is 72.1 Å². The number of carbonyl (C=O) groups excluding carboxylic acids is 10. The van der Waals surface area contributed by atoms with Gasteiger partial charge in [-0.15, -0.1) is 0 Å². The number of likely N-dealkylation sites (N-methyl/N-ethyl adjacent to an activating group) is 2. The zero-order valence-electron chi connectivity index (χ0n) is 71.6. The monoisotopic (exact) mass is 1620 g/mol. The number of likely N-dealkylation sites (tertiary alicyclic amines) is 2. The molecule has 29 heteroatoms. The molecule has 11 amide bonds. The van der Waals surface area contributed by atoms with Crippen molar-refractivity contribution in [3.05, 3.63) is 83.7 Å². The summed E-state index contributed by atoms with van der Waals surface area (Å²) < 4.78 is 13.0. The highest BCUT2D eigenvalue weighted by molar-refractivity contribution is 7.99. The van der Waals surface area contributed by atoms with E-state index in [1.165, 1.54) is 27.1 Å². The number of quaternary nitrogens is 1. The summed E-state index contributed by atoms with van der Waals surface area (Å²) in [6.07, 6.45) is 12.3. The minimum absolute atomic E-state index is 0.00596. The minimum atomic E-state index is -1.08. The van der Waals surface area contributed by atoms with Crippen LogP contribution in [0.5, 0.6) is 0 Å². The smallest absolute Gasteiger partial charge is 0.312 e. The lowest BCUT2D eigenvalue weighted by molar-refractivity contribution is -0.915. The third-order valence-electron chi connectivity index (χ3n) is 23.1. The summed E-state index contributed by atoms with van der Waals surface area (Å²) in [5, 5.41) is 28.0. The molecule has 12 atom stereocenters. The largest absolute Gasteiger partial charge is 0.379 e. The first kappa shape index (κ1) is 95.6. The summed E-state index contributed by atoms with van der Waals surface area (Å²) in [4.78, 5) is 152. The number of unbranched alkanes of at least 4 members (excludes halogenated alkanes) is 1. The topological polar surface area (TPSA) is 359 Å². The van der Waals surface area contributed by atoms with Gasteiger partial charge in [-0.25, -0.2) is 14.8 Å². The van der Waals surface area contributed by atoms with E-state index in [2.05, 4.69) is 90.6 Å². The Morgan fingerprint density at radius 3 is 1.95 bits per heavy atom. The highest BCUT2D eigenvalue weighted by atomic mass is 32.2. The summed E-state index contributed by atoms with van der Waals surface area (Å²) in [7, 11) is 10.6. The molecule has 3 heterocycles. The molecule has 1 aromatic heterocycles.